The maximum atomic E-state index is 6.17. The monoisotopic (exact) mass is 623 g/mol. The van der Waals surface area contributed by atoms with Crippen LogP contribution in [0.4, 0.5) is 0 Å². The summed E-state index contributed by atoms with van der Waals surface area (Å²) in [6.45, 7) is 0.417. The number of benzene rings is 7. The minimum Gasteiger partial charge on any atom is -0.309 e. The highest BCUT2D eigenvalue weighted by molar-refractivity contribution is 7.15. The number of nitrogens with zero attached hydrogens (tertiary/aromatic N) is 3. The zero-order chi connectivity index (χ0) is 32.2. The maximum absolute atomic E-state index is 6.17. The molecule has 1 unspecified atom stereocenters. The first-order valence-corrected chi connectivity index (χ1v) is 16.7. The number of hydrogen-bond acceptors (Lipinski definition) is 0. The number of rotatable bonds is 3. The second-order valence-electron chi connectivity index (χ2n) is 11.8. The Bertz CT molecular complexity index is 2330. The third-order valence-electron chi connectivity index (χ3n) is 9.40. The van der Waals surface area contributed by atoms with Crippen LogP contribution in [0, 0.1) is 0 Å². The van der Waals surface area contributed by atoms with Crippen molar-refractivity contribution in [2.24, 2.45) is 0 Å². The third kappa shape index (κ3) is 4.10. The Kier molecular flexibility index (Phi) is 6.23. The molecule has 7 aromatic carbocycles. The van der Waals surface area contributed by atoms with Crippen molar-refractivity contribution in [2.45, 2.75) is 0 Å². The molecule has 0 saturated heterocycles. The summed E-state index contributed by atoms with van der Waals surface area (Å²) in [5, 5.41) is 7.55. The standard InChI is InChI=1S/C42H27N3.CH5P/c1-7-19-37-31(13-1)32-14-2-8-20-38(32)43(37)28-25-29(44-39-21-9-3-15-33(39)34-16-4-10-22-40(34)44)27-30(26-28)45-41-23-11-5-17-35(41)36-18-6-12-24-42(36)45;1-2/h1-27H;2H2,1H3/i;1T. The lowest BCUT2D eigenvalue weighted by atomic mass is 10.2. The van der Waals surface area contributed by atoms with Gasteiger partial charge in [-0.2, -0.15) is 0 Å². The molecule has 4 heteroatoms. The van der Waals surface area contributed by atoms with Crippen LogP contribution >= 0.6 is 9.24 Å². The van der Waals surface area contributed by atoms with Crippen LogP contribution in [-0.4, -0.2) is 20.3 Å². The van der Waals surface area contributed by atoms with Crippen molar-refractivity contribution in [3.05, 3.63) is 164 Å². The summed E-state index contributed by atoms with van der Waals surface area (Å²) in [7, 11) is 2.25. The van der Waals surface area contributed by atoms with Gasteiger partial charge in [-0.3, -0.25) is 0 Å². The molecule has 0 aliphatic carbocycles. The van der Waals surface area contributed by atoms with E-state index < -0.39 is 0 Å². The molecule has 0 fully saturated rings. The number of hydrogen-bond donors (Lipinski definition) is 0. The Morgan fingerprint density at radius 1 is 0.340 bits per heavy atom. The van der Waals surface area contributed by atoms with Gasteiger partial charge in [0, 0.05) is 33.7 Å². The van der Waals surface area contributed by atoms with Crippen molar-refractivity contribution < 1.29 is 1.37 Å². The first-order valence-electron chi connectivity index (χ1n) is 16.6. The van der Waals surface area contributed by atoms with Crippen molar-refractivity contribution in [3.8, 4) is 17.1 Å². The quantitative estimate of drug-likeness (QED) is 0.174. The molecule has 3 heterocycles. The van der Waals surface area contributed by atoms with E-state index in [2.05, 4.69) is 187 Å². The predicted molar refractivity (Wildman–Crippen MR) is 205 cm³/mol. The zero-order valence-electron chi connectivity index (χ0n) is 26.7. The molecule has 10 rings (SSSR count). The number of fused-ring (bicyclic) bond motifs is 9. The summed E-state index contributed by atoms with van der Waals surface area (Å²) >= 11 is 0. The van der Waals surface area contributed by atoms with Gasteiger partial charge in [-0.15, -0.1) is 9.24 Å². The zero-order valence-corrected chi connectivity index (χ0v) is 26.9. The van der Waals surface area contributed by atoms with E-state index in [0.29, 0.717) is 6.64 Å². The van der Waals surface area contributed by atoms with Gasteiger partial charge in [-0.05, 0) is 54.6 Å². The third-order valence-corrected chi connectivity index (χ3v) is 9.40. The lowest BCUT2D eigenvalue weighted by Crippen LogP contribution is -2.03. The average molecular weight is 624 g/mol. The van der Waals surface area contributed by atoms with E-state index >= 15 is 0 Å². The lowest BCUT2D eigenvalue weighted by molar-refractivity contribution is 1.10. The van der Waals surface area contributed by atoms with Crippen LogP contribution < -0.4 is 0 Å². The van der Waals surface area contributed by atoms with Crippen LogP contribution in [0.3, 0.4) is 0 Å². The smallest absolute Gasteiger partial charge is 0.0541 e. The largest absolute Gasteiger partial charge is 0.309 e. The minimum atomic E-state index is 0.417. The molecule has 1 atom stereocenters. The Balaban J connectivity index is 0.00000101. The predicted octanol–water partition coefficient (Wildman–Crippen LogP) is 11.5. The highest BCUT2D eigenvalue weighted by Gasteiger charge is 2.19. The summed E-state index contributed by atoms with van der Waals surface area (Å²) in [5.41, 5.74) is 10.6. The van der Waals surface area contributed by atoms with Crippen molar-refractivity contribution in [1.82, 2.24) is 13.7 Å². The molecule has 224 valence electrons. The summed E-state index contributed by atoms with van der Waals surface area (Å²) in [4.78, 5) is 0. The van der Waals surface area contributed by atoms with Crippen LogP contribution in [0.25, 0.3) is 82.5 Å². The van der Waals surface area contributed by atoms with Crippen molar-refractivity contribution >= 4 is 74.7 Å². The molecule has 3 nitrogen and oxygen atoms in total. The molecule has 0 radical (unpaired) electrons. The normalized spacial score (nSPS) is 11.9. The summed E-state index contributed by atoms with van der Waals surface area (Å²) in [6, 6.07) is 59.6. The van der Waals surface area contributed by atoms with Gasteiger partial charge in [0.25, 0.3) is 0 Å². The van der Waals surface area contributed by atoms with Gasteiger partial charge in [0.2, 0.25) is 0 Å². The molecule has 0 saturated carbocycles. The first-order chi connectivity index (χ1) is 23.8. The van der Waals surface area contributed by atoms with Crippen LogP contribution in [-0.2, 0) is 0 Å². The van der Waals surface area contributed by atoms with Crippen LogP contribution in [0.5, 0.6) is 0 Å². The molecule has 3 aromatic heterocycles. The van der Waals surface area contributed by atoms with E-state index in [1.165, 1.54) is 65.4 Å². The van der Waals surface area contributed by atoms with Crippen molar-refractivity contribution in [2.75, 3.05) is 6.64 Å². The SMILES string of the molecule is [3H]CP.c1ccc2c(c1)c1ccccc1n2-c1cc(-n2c3ccccc3c3ccccc32)cc(-n2c3ccccc3c3ccccc32)c1. The van der Waals surface area contributed by atoms with Gasteiger partial charge in [0.05, 0.1) is 50.2 Å². The molecule has 10 aromatic rings. The Labute approximate surface area is 276 Å². The molecular formula is C43H32N3P. The number of para-hydroxylation sites is 6. The fourth-order valence-corrected chi connectivity index (χ4v) is 7.57. The van der Waals surface area contributed by atoms with Gasteiger partial charge in [-0.25, -0.2) is 0 Å². The molecule has 0 N–H and O–H groups in total. The van der Waals surface area contributed by atoms with E-state index in [9.17, 15) is 0 Å². The lowest BCUT2D eigenvalue weighted by Gasteiger charge is -2.17. The van der Waals surface area contributed by atoms with Crippen molar-refractivity contribution in [3.63, 3.8) is 0 Å². The Hall–Kier alpha value is -5.63. The van der Waals surface area contributed by atoms with E-state index in [0.717, 1.165) is 17.1 Å². The van der Waals surface area contributed by atoms with Gasteiger partial charge in [-0.1, -0.05) is 116 Å². The van der Waals surface area contributed by atoms with E-state index in [1.807, 2.05) is 0 Å². The second-order valence-corrected chi connectivity index (χ2v) is 11.8. The molecule has 47 heavy (non-hydrogen) atoms. The van der Waals surface area contributed by atoms with Gasteiger partial charge >= 0.3 is 0 Å². The summed E-state index contributed by atoms with van der Waals surface area (Å²) in [5.74, 6) is 0. The first kappa shape index (κ1) is 26.6. The fraction of sp³-hybridized carbons (Fsp3) is 0.0233. The van der Waals surface area contributed by atoms with Crippen LogP contribution in [0.1, 0.15) is 1.37 Å². The minimum absolute atomic E-state index is 0.417. The van der Waals surface area contributed by atoms with Gasteiger partial charge < -0.3 is 13.7 Å². The molecule has 0 bridgehead atoms. The Morgan fingerprint density at radius 2 is 0.511 bits per heavy atom. The molecule has 0 spiro atoms. The summed E-state index contributed by atoms with van der Waals surface area (Å²) < 4.78 is 13.5. The van der Waals surface area contributed by atoms with E-state index in [1.54, 1.807) is 0 Å². The highest BCUT2D eigenvalue weighted by atomic mass is 31.0. The Morgan fingerprint density at radius 3 is 0.702 bits per heavy atom. The van der Waals surface area contributed by atoms with Gasteiger partial charge in [0.15, 0.2) is 0 Å². The summed E-state index contributed by atoms with van der Waals surface area (Å²) in [6.07, 6.45) is 0. The van der Waals surface area contributed by atoms with Gasteiger partial charge in [0.1, 0.15) is 0 Å². The second kappa shape index (κ2) is 11.0. The molecule has 0 aliphatic heterocycles. The molecule has 0 aliphatic rings. The van der Waals surface area contributed by atoms with E-state index in [4.69, 9.17) is 1.37 Å². The van der Waals surface area contributed by atoms with Crippen LogP contribution in [0.2, 0.25) is 0 Å². The fourth-order valence-electron chi connectivity index (χ4n) is 7.57. The molecule has 0 amide bonds. The number of aromatic nitrogens is 3. The van der Waals surface area contributed by atoms with Crippen LogP contribution in [0.15, 0.2) is 164 Å². The highest BCUT2D eigenvalue weighted by Crippen LogP contribution is 2.38. The van der Waals surface area contributed by atoms with Crippen molar-refractivity contribution in [1.29, 1.82) is 0 Å². The topological polar surface area (TPSA) is 14.8 Å². The molecular weight excluding hydrogens is 589 g/mol. The maximum Gasteiger partial charge on any atom is 0.0541 e. The van der Waals surface area contributed by atoms with E-state index in [-0.39, 0.29) is 0 Å². The average Bonchev–Trinajstić information content (AvgIpc) is 3.78.